The number of benzene rings is 1. The Hall–Kier alpha value is -1.62. The van der Waals surface area contributed by atoms with Crippen LogP contribution in [0.2, 0.25) is 0 Å². The molecule has 0 radical (unpaired) electrons. The van der Waals surface area contributed by atoms with E-state index in [9.17, 15) is 4.79 Å². The first-order valence-electron chi connectivity index (χ1n) is 8.70. The van der Waals surface area contributed by atoms with Crippen LogP contribution in [0.25, 0.3) is 10.2 Å². The molecule has 1 N–H and O–H groups in total. The van der Waals surface area contributed by atoms with Gasteiger partial charge in [0.1, 0.15) is 0 Å². The molecule has 1 aromatic heterocycles. The zero-order chi connectivity index (χ0) is 15.6. The predicted molar refractivity (Wildman–Crippen MR) is 95.0 cm³/mol. The fraction of sp³-hybridized carbons (Fsp3) is 0.556. The molecule has 2 heterocycles. The van der Waals surface area contributed by atoms with Crippen LogP contribution in [-0.4, -0.2) is 30.0 Å². The van der Waals surface area contributed by atoms with Crippen LogP contribution in [0.5, 0.6) is 0 Å². The highest BCUT2D eigenvalue weighted by Gasteiger charge is 2.29. The molecule has 1 saturated carbocycles. The van der Waals surface area contributed by atoms with Gasteiger partial charge in [-0.3, -0.25) is 4.79 Å². The molecule has 0 spiro atoms. The van der Waals surface area contributed by atoms with Gasteiger partial charge in [0.25, 0.3) is 0 Å². The summed E-state index contributed by atoms with van der Waals surface area (Å²) in [5.41, 5.74) is 1.06. The number of nitrogens with zero attached hydrogens (tertiary/aromatic N) is 2. The highest BCUT2D eigenvalue weighted by molar-refractivity contribution is 7.22. The number of hydrogen-bond donors (Lipinski definition) is 1. The minimum Gasteiger partial charge on any atom is -0.353 e. The first-order valence-corrected chi connectivity index (χ1v) is 9.52. The van der Waals surface area contributed by atoms with Gasteiger partial charge in [0.2, 0.25) is 5.91 Å². The lowest BCUT2D eigenvalue weighted by Crippen LogP contribution is -2.45. The summed E-state index contributed by atoms with van der Waals surface area (Å²) in [7, 11) is 0. The van der Waals surface area contributed by atoms with Crippen LogP contribution < -0.4 is 10.2 Å². The molecule has 4 rings (SSSR count). The molecule has 23 heavy (non-hydrogen) atoms. The van der Waals surface area contributed by atoms with E-state index in [-0.39, 0.29) is 11.8 Å². The zero-order valence-electron chi connectivity index (χ0n) is 13.3. The predicted octanol–water partition coefficient (Wildman–Crippen LogP) is 3.57. The number of nitrogens with one attached hydrogen (secondary N) is 1. The average Bonchev–Trinajstić information content (AvgIpc) is 3.24. The van der Waals surface area contributed by atoms with E-state index >= 15 is 0 Å². The van der Waals surface area contributed by atoms with Crippen molar-refractivity contribution in [2.45, 2.75) is 44.6 Å². The van der Waals surface area contributed by atoms with Gasteiger partial charge in [-0.15, -0.1) is 0 Å². The third-order valence-electron chi connectivity index (χ3n) is 5.05. The Balaban J connectivity index is 1.44. The van der Waals surface area contributed by atoms with E-state index in [2.05, 4.69) is 28.4 Å². The molecule has 1 saturated heterocycles. The van der Waals surface area contributed by atoms with Gasteiger partial charge in [0.05, 0.1) is 16.1 Å². The maximum Gasteiger partial charge on any atom is 0.225 e. The number of carbonyl (C=O) groups is 1. The van der Waals surface area contributed by atoms with Gasteiger partial charge < -0.3 is 10.2 Å². The smallest absolute Gasteiger partial charge is 0.225 e. The lowest BCUT2D eigenvalue weighted by atomic mass is 9.97. The van der Waals surface area contributed by atoms with E-state index in [4.69, 9.17) is 4.98 Å². The number of fused-ring (bicyclic) bond motifs is 1. The number of piperidine rings is 1. The molecule has 5 heteroatoms. The number of aromatic nitrogens is 1. The molecule has 4 nitrogen and oxygen atoms in total. The highest BCUT2D eigenvalue weighted by Crippen LogP contribution is 2.31. The van der Waals surface area contributed by atoms with Gasteiger partial charge in [0, 0.05) is 19.1 Å². The Morgan fingerprint density at radius 2 is 2.00 bits per heavy atom. The number of anilines is 1. The summed E-state index contributed by atoms with van der Waals surface area (Å²) in [6, 6.07) is 8.67. The SMILES string of the molecule is O=C(NC1CCCC1)C1CCCN(c2nc3ccccc3s2)C1. The molecule has 1 amide bonds. The summed E-state index contributed by atoms with van der Waals surface area (Å²) in [6.07, 6.45) is 6.89. The van der Waals surface area contributed by atoms with Gasteiger partial charge in [-0.1, -0.05) is 36.3 Å². The molecule has 122 valence electrons. The summed E-state index contributed by atoms with van der Waals surface area (Å²) < 4.78 is 1.22. The van der Waals surface area contributed by atoms with Gasteiger partial charge in [0.15, 0.2) is 5.13 Å². The molecule has 1 aliphatic carbocycles. The topological polar surface area (TPSA) is 45.2 Å². The molecule has 1 aliphatic heterocycles. The second-order valence-corrected chi connectivity index (χ2v) is 7.75. The van der Waals surface area contributed by atoms with Crippen molar-refractivity contribution in [3.63, 3.8) is 0 Å². The Morgan fingerprint density at radius 1 is 1.17 bits per heavy atom. The largest absolute Gasteiger partial charge is 0.353 e. The Labute approximate surface area is 140 Å². The number of hydrogen-bond acceptors (Lipinski definition) is 4. The van der Waals surface area contributed by atoms with Crippen molar-refractivity contribution in [1.82, 2.24) is 10.3 Å². The number of carbonyl (C=O) groups excluding carboxylic acids is 1. The molecule has 2 aromatic rings. The van der Waals surface area contributed by atoms with Gasteiger partial charge in [-0.05, 0) is 37.8 Å². The van der Waals surface area contributed by atoms with E-state index in [1.54, 1.807) is 11.3 Å². The Kier molecular flexibility index (Phi) is 4.21. The van der Waals surface area contributed by atoms with E-state index < -0.39 is 0 Å². The maximum absolute atomic E-state index is 12.5. The highest BCUT2D eigenvalue weighted by atomic mass is 32.1. The molecule has 2 fully saturated rings. The van der Waals surface area contributed by atoms with Gasteiger partial charge in [-0.25, -0.2) is 4.98 Å². The quantitative estimate of drug-likeness (QED) is 0.936. The molecule has 1 atom stereocenters. The fourth-order valence-electron chi connectivity index (χ4n) is 3.75. The number of thiazole rings is 1. The van der Waals surface area contributed by atoms with Crippen LogP contribution >= 0.6 is 11.3 Å². The van der Waals surface area contributed by atoms with Gasteiger partial charge in [-0.2, -0.15) is 0 Å². The normalized spacial score (nSPS) is 22.6. The zero-order valence-corrected chi connectivity index (χ0v) is 14.1. The number of rotatable bonds is 3. The third kappa shape index (κ3) is 3.20. The summed E-state index contributed by atoms with van der Waals surface area (Å²) in [6.45, 7) is 1.81. The first kappa shape index (κ1) is 14.9. The van der Waals surface area contributed by atoms with Crippen molar-refractivity contribution < 1.29 is 4.79 Å². The molecular formula is C18H23N3OS. The second kappa shape index (κ2) is 6.48. The van der Waals surface area contributed by atoms with Crippen molar-refractivity contribution in [1.29, 1.82) is 0 Å². The van der Waals surface area contributed by atoms with Crippen LogP contribution in [0, 0.1) is 5.92 Å². The maximum atomic E-state index is 12.5. The molecule has 2 aliphatic rings. The van der Waals surface area contributed by atoms with Crippen LogP contribution in [-0.2, 0) is 4.79 Å². The van der Waals surface area contributed by atoms with E-state index in [0.29, 0.717) is 6.04 Å². The van der Waals surface area contributed by atoms with Crippen molar-refractivity contribution in [3.05, 3.63) is 24.3 Å². The fourth-order valence-corrected chi connectivity index (χ4v) is 4.75. The summed E-state index contributed by atoms with van der Waals surface area (Å²) in [5.74, 6) is 0.360. The number of amides is 1. The summed E-state index contributed by atoms with van der Waals surface area (Å²) in [4.78, 5) is 19.6. The van der Waals surface area contributed by atoms with E-state index in [0.717, 1.165) is 49.4 Å². The van der Waals surface area contributed by atoms with Crippen LogP contribution in [0.15, 0.2) is 24.3 Å². The Bertz CT molecular complexity index is 659. The van der Waals surface area contributed by atoms with Crippen LogP contribution in [0.4, 0.5) is 5.13 Å². The van der Waals surface area contributed by atoms with Crippen molar-refractivity contribution >= 4 is 32.6 Å². The van der Waals surface area contributed by atoms with Crippen LogP contribution in [0.1, 0.15) is 38.5 Å². The first-order chi connectivity index (χ1) is 11.3. The number of para-hydroxylation sites is 1. The lowest BCUT2D eigenvalue weighted by Gasteiger charge is -2.32. The summed E-state index contributed by atoms with van der Waals surface area (Å²) >= 11 is 1.73. The minimum atomic E-state index is 0.108. The minimum absolute atomic E-state index is 0.108. The molecular weight excluding hydrogens is 306 g/mol. The van der Waals surface area contributed by atoms with Gasteiger partial charge >= 0.3 is 0 Å². The molecule has 1 aromatic carbocycles. The van der Waals surface area contributed by atoms with Crippen molar-refractivity contribution in [2.24, 2.45) is 5.92 Å². The molecule has 0 bridgehead atoms. The van der Waals surface area contributed by atoms with Crippen molar-refractivity contribution in [3.8, 4) is 0 Å². The van der Waals surface area contributed by atoms with Crippen LogP contribution in [0.3, 0.4) is 0 Å². The monoisotopic (exact) mass is 329 g/mol. The second-order valence-electron chi connectivity index (χ2n) is 6.74. The van der Waals surface area contributed by atoms with E-state index in [1.165, 1.54) is 17.5 Å². The van der Waals surface area contributed by atoms with E-state index in [1.807, 2.05) is 6.07 Å². The Morgan fingerprint density at radius 3 is 2.83 bits per heavy atom. The average molecular weight is 329 g/mol. The van der Waals surface area contributed by atoms with Crippen molar-refractivity contribution in [2.75, 3.05) is 18.0 Å². The standard InChI is InChI=1S/C18H23N3OS/c22-17(19-14-7-1-2-8-14)13-6-5-11-21(12-13)18-20-15-9-3-4-10-16(15)23-18/h3-4,9-10,13-14H,1-2,5-8,11-12H2,(H,19,22). The third-order valence-corrected chi connectivity index (χ3v) is 6.14. The lowest BCUT2D eigenvalue weighted by molar-refractivity contribution is -0.125. The summed E-state index contributed by atoms with van der Waals surface area (Å²) in [5, 5.41) is 4.32. The molecule has 1 unspecified atom stereocenters.